The van der Waals surface area contributed by atoms with Gasteiger partial charge in [0.25, 0.3) is 0 Å². The Balaban J connectivity index is 3.64. The number of esters is 2. The van der Waals surface area contributed by atoms with Crippen molar-refractivity contribution >= 4 is 11.9 Å². The van der Waals surface area contributed by atoms with E-state index in [0.717, 1.165) is 0 Å². The van der Waals surface area contributed by atoms with E-state index < -0.39 is 0 Å². The molecule has 0 aliphatic rings. The van der Waals surface area contributed by atoms with E-state index in [1.165, 1.54) is 14.2 Å². The molecule has 0 aliphatic carbocycles. The molecule has 0 unspecified atom stereocenters. The maximum absolute atomic E-state index is 10.9. The summed E-state index contributed by atoms with van der Waals surface area (Å²) in [6.45, 7) is 3.36. The lowest BCUT2D eigenvalue weighted by Crippen LogP contribution is -2.33. The van der Waals surface area contributed by atoms with Gasteiger partial charge in [-0.15, -0.1) is 0 Å². The van der Waals surface area contributed by atoms with Crippen LogP contribution >= 0.6 is 0 Å². The second kappa shape index (κ2) is 14.7. The van der Waals surface area contributed by atoms with Crippen LogP contribution in [0.25, 0.3) is 0 Å². The first kappa shape index (κ1) is 20.8. The van der Waals surface area contributed by atoms with Gasteiger partial charge in [0.2, 0.25) is 0 Å². The molecule has 0 atom stereocenters. The highest BCUT2D eigenvalue weighted by Crippen LogP contribution is 1.93. The molecule has 0 bridgehead atoms. The second-order valence-electron chi connectivity index (χ2n) is 4.44. The SMILES string of the molecule is COC(=O)CCOCCN(CCO)CCOCCC(=O)OC. The highest BCUT2D eigenvalue weighted by molar-refractivity contribution is 5.69. The van der Waals surface area contributed by atoms with Crippen molar-refractivity contribution in [3.8, 4) is 0 Å². The van der Waals surface area contributed by atoms with Gasteiger partial charge in [0, 0.05) is 19.6 Å². The monoisotopic (exact) mass is 321 g/mol. The van der Waals surface area contributed by atoms with Crippen LogP contribution < -0.4 is 0 Å². The van der Waals surface area contributed by atoms with Crippen LogP contribution in [0.3, 0.4) is 0 Å². The Bertz CT molecular complexity index is 273. The molecule has 8 nitrogen and oxygen atoms in total. The highest BCUT2D eigenvalue weighted by atomic mass is 16.5. The van der Waals surface area contributed by atoms with Crippen LogP contribution in [0, 0.1) is 0 Å². The van der Waals surface area contributed by atoms with Crippen LogP contribution in [0.5, 0.6) is 0 Å². The molecule has 0 aromatic rings. The Morgan fingerprint density at radius 2 is 1.27 bits per heavy atom. The molecule has 0 saturated heterocycles. The summed E-state index contributed by atoms with van der Waals surface area (Å²) in [4.78, 5) is 23.8. The zero-order chi connectivity index (χ0) is 16.6. The van der Waals surface area contributed by atoms with Gasteiger partial charge in [0.05, 0.1) is 60.1 Å². The van der Waals surface area contributed by atoms with Gasteiger partial charge in [-0.3, -0.25) is 14.5 Å². The van der Waals surface area contributed by atoms with Crippen LogP contribution in [0.15, 0.2) is 0 Å². The quantitative estimate of drug-likeness (QED) is 0.336. The number of carbonyl (C=O) groups excluding carboxylic acids is 2. The summed E-state index contributed by atoms with van der Waals surface area (Å²) in [5.74, 6) is -0.600. The Morgan fingerprint density at radius 1 is 0.818 bits per heavy atom. The standard InChI is InChI=1S/C14H27NO7/c1-19-13(17)3-9-21-11-6-15(5-8-16)7-12-22-10-4-14(18)20-2/h16H,3-12H2,1-2H3. The maximum Gasteiger partial charge on any atom is 0.307 e. The number of hydrogen-bond donors (Lipinski definition) is 1. The molecular weight excluding hydrogens is 294 g/mol. The van der Waals surface area contributed by atoms with Crippen LogP contribution in [0.4, 0.5) is 0 Å². The molecule has 22 heavy (non-hydrogen) atoms. The summed E-state index contributed by atoms with van der Waals surface area (Å²) in [7, 11) is 2.68. The normalized spacial score (nSPS) is 10.7. The van der Waals surface area contributed by atoms with Crippen LogP contribution in [0.2, 0.25) is 0 Å². The minimum atomic E-state index is -0.300. The van der Waals surface area contributed by atoms with Crippen molar-refractivity contribution in [2.75, 3.05) is 66.9 Å². The predicted molar refractivity (Wildman–Crippen MR) is 78.4 cm³/mol. The van der Waals surface area contributed by atoms with Gasteiger partial charge in [-0.2, -0.15) is 0 Å². The second-order valence-corrected chi connectivity index (χ2v) is 4.44. The molecule has 0 radical (unpaired) electrons. The van der Waals surface area contributed by atoms with Crippen molar-refractivity contribution < 1.29 is 33.6 Å². The van der Waals surface area contributed by atoms with E-state index in [1.807, 2.05) is 4.90 Å². The lowest BCUT2D eigenvalue weighted by molar-refractivity contribution is -0.142. The summed E-state index contributed by atoms with van der Waals surface area (Å²) in [6.07, 6.45) is 0.459. The van der Waals surface area contributed by atoms with Gasteiger partial charge in [-0.1, -0.05) is 0 Å². The number of methoxy groups -OCH3 is 2. The zero-order valence-corrected chi connectivity index (χ0v) is 13.4. The molecule has 130 valence electrons. The van der Waals surface area contributed by atoms with Gasteiger partial charge in [-0.25, -0.2) is 0 Å². The number of nitrogens with zero attached hydrogens (tertiary/aromatic N) is 1. The summed E-state index contributed by atoms with van der Waals surface area (Å²) in [5, 5.41) is 9.01. The molecule has 0 aromatic carbocycles. The summed E-state index contributed by atoms with van der Waals surface area (Å²) >= 11 is 0. The van der Waals surface area contributed by atoms with E-state index >= 15 is 0 Å². The molecule has 0 heterocycles. The first-order valence-corrected chi connectivity index (χ1v) is 7.26. The van der Waals surface area contributed by atoms with Gasteiger partial charge in [0.1, 0.15) is 0 Å². The zero-order valence-electron chi connectivity index (χ0n) is 13.4. The third kappa shape index (κ3) is 12.5. The minimum Gasteiger partial charge on any atom is -0.469 e. The van der Waals surface area contributed by atoms with Crippen LogP contribution in [-0.2, 0) is 28.5 Å². The Hall–Kier alpha value is -1.22. The van der Waals surface area contributed by atoms with Crippen molar-refractivity contribution in [1.82, 2.24) is 4.90 Å². The lowest BCUT2D eigenvalue weighted by atomic mass is 10.4. The van der Waals surface area contributed by atoms with Crippen molar-refractivity contribution in [3.63, 3.8) is 0 Å². The summed E-state index contributed by atoms with van der Waals surface area (Å²) in [6, 6.07) is 0. The minimum absolute atomic E-state index is 0.0460. The van der Waals surface area contributed by atoms with Gasteiger partial charge >= 0.3 is 11.9 Å². The fraction of sp³-hybridized carbons (Fsp3) is 0.857. The van der Waals surface area contributed by atoms with E-state index in [0.29, 0.717) is 46.1 Å². The van der Waals surface area contributed by atoms with Crippen LogP contribution in [0.1, 0.15) is 12.8 Å². The molecule has 0 amide bonds. The van der Waals surface area contributed by atoms with E-state index in [1.54, 1.807) is 0 Å². The molecule has 0 aliphatic heterocycles. The first-order valence-electron chi connectivity index (χ1n) is 7.26. The predicted octanol–water partition coefficient (Wildman–Crippen LogP) is -0.560. The Kier molecular flexibility index (Phi) is 13.9. The molecule has 1 N–H and O–H groups in total. The van der Waals surface area contributed by atoms with Crippen LogP contribution in [-0.4, -0.2) is 88.8 Å². The number of carbonyl (C=O) groups is 2. The lowest BCUT2D eigenvalue weighted by Gasteiger charge is -2.21. The number of rotatable bonds is 14. The number of aliphatic hydroxyl groups is 1. The molecular formula is C14H27NO7. The maximum atomic E-state index is 10.9. The van der Waals surface area contributed by atoms with Crippen molar-refractivity contribution in [3.05, 3.63) is 0 Å². The average molecular weight is 321 g/mol. The van der Waals surface area contributed by atoms with E-state index in [9.17, 15) is 9.59 Å². The van der Waals surface area contributed by atoms with Gasteiger partial charge in [0.15, 0.2) is 0 Å². The molecule has 0 aromatic heterocycles. The van der Waals surface area contributed by atoms with Gasteiger partial charge < -0.3 is 24.1 Å². The third-order valence-corrected chi connectivity index (χ3v) is 2.88. The van der Waals surface area contributed by atoms with Gasteiger partial charge in [-0.05, 0) is 0 Å². The number of aliphatic hydroxyl groups excluding tert-OH is 1. The van der Waals surface area contributed by atoms with Crippen molar-refractivity contribution in [2.45, 2.75) is 12.8 Å². The number of ether oxygens (including phenoxy) is 4. The molecule has 0 spiro atoms. The Labute approximate surface area is 131 Å². The van der Waals surface area contributed by atoms with E-state index in [-0.39, 0.29) is 31.4 Å². The van der Waals surface area contributed by atoms with E-state index in [2.05, 4.69) is 9.47 Å². The number of hydrogen-bond acceptors (Lipinski definition) is 8. The Morgan fingerprint density at radius 3 is 1.64 bits per heavy atom. The topological polar surface area (TPSA) is 94.5 Å². The summed E-state index contributed by atoms with van der Waals surface area (Å²) < 4.78 is 19.7. The first-order chi connectivity index (χ1) is 10.6. The molecule has 0 rings (SSSR count). The average Bonchev–Trinajstić information content (AvgIpc) is 2.53. The molecule has 0 saturated carbocycles. The smallest absolute Gasteiger partial charge is 0.307 e. The van der Waals surface area contributed by atoms with Crippen molar-refractivity contribution in [2.24, 2.45) is 0 Å². The third-order valence-electron chi connectivity index (χ3n) is 2.88. The highest BCUT2D eigenvalue weighted by Gasteiger charge is 2.06. The molecule has 8 heteroatoms. The van der Waals surface area contributed by atoms with Crippen molar-refractivity contribution in [1.29, 1.82) is 0 Å². The molecule has 0 fully saturated rings. The van der Waals surface area contributed by atoms with E-state index in [4.69, 9.17) is 14.6 Å². The fourth-order valence-corrected chi connectivity index (χ4v) is 1.58. The summed E-state index contributed by atoms with van der Waals surface area (Å²) in [5.41, 5.74) is 0. The fourth-order valence-electron chi connectivity index (χ4n) is 1.58. The largest absolute Gasteiger partial charge is 0.469 e.